The average Bonchev–Trinajstić information content (AvgIpc) is 3.20. The number of rotatable bonds is 6. The Labute approximate surface area is 184 Å². The molecule has 2 aromatic carbocycles. The summed E-state index contributed by atoms with van der Waals surface area (Å²) in [5, 5.41) is 5.16. The molecule has 0 radical (unpaired) electrons. The van der Waals surface area contributed by atoms with Gasteiger partial charge in [0.15, 0.2) is 0 Å². The number of furan rings is 1. The summed E-state index contributed by atoms with van der Waals surface area (Å²) in [7, 11) is 0. The Morgan fingerprint density at radius 2 is 1.71 bits per heavy atom. The number of para-hydroxylation sites is 1. The van der Waals surface area contributed by atoms with E-state index >= 15 is 0 Å². The fourth-order valence-electron chi connectivity index (χ4n) is 5.27. The summed E-state index contributed by atoms with van der Waals surface area (Å²) in [5.74, 6) is -0.00371. The van der Waals surface area contributed by atoms with Gasteiger partial charge in [-0.25, -0.2) is 0 Å². The minimum absolute atomic E-state index is 0.00371. The van der Waals surface area contributed by atoms with E-state index < -0.39 is 0 Å². The zero-order valence-electron chi connectivity index (χ0n) is 18.3. The van der Waals surface area contributed by atoms with Gasteiger partial charge in [0, 0.05) is 28.9 Å². The van der Waals surface area contributed by atoms with E-state index in [1.54, 1.807) is 0 Å². The SMILES string of the molecule is O=C(NCCCN1CCC(N2CCCCC2)CC1)c1ccc2oc3ccccc3c2c1. The topological polar surface area (TPSA) is 48.7 Å². The van der Waals surface area contributed by atoms with Crippen molar-refractivity contribution in [1.82, 2.24) is 15.1 Å². The number of hydrogen-bond donors (Lipinski definition) is 1. The molecule has 2 saturated heterocycles. The molecule has 0 spiro atoms. The van der Waals surface area contributed by atoms with Crippen molar-refractivity contribution in [3.8, 4) is 0 Å². The quantitative estimate of drug-likeness (QED) is 0.591. The van der Waals surface area contributed by atoms with Crippen molar-refractivity contribution < 1.29 is 9.21 Å². The summed E-state index contributed by atoms with van der Waals surface area (Å²) >= 11 is 0. The van der Waals surface area contributed by atoms with E-state index in [1.807, 2.05) is 42.5 Å². The van der Waals surface area contributed by atoms with Crippen LogP contribution in [0.3, 0.4) is 0 Å². The molecule has 1 aromatic heterocycles. The molecule has 2 fully saturated rings. The maximum Gasteiger partial charge on any atom is 0.251 e. The van der Waals surface area contributed by atoms with Crippen molar-refractivity contribution in [3.05, 3.63) is 48.0 Å². The predicted molar refractivity (Wildman–Crippen MR) is 126 cm³/mol. The molecule has 2 aliphatic heterocycles. The van der Waals surface area contributed by atoms with E-state index in [2.05, 4.69) is 15.1 Å². The van der Waals surface area contributed by atoms with Gasteiger partial charge < -0.3 is 19.5 Å². The Morgan fingerprint density at radius 1 is 0.935 bits per heavy atom. The van der Waals surface area contributed by atoms with Crippen molar-refractivity contribution in [1.29, 1.82) is 0 Å². The van der Waals surface area contributed by atoms with Crippen molar-refractivity contribution in [2.45, 2.75) is 44.6 Å². The van der Waals surface area contributed by atoms with Crippen LogP contribution in [0.25, 0.3) is 21.9 Å². The fourth-order valence-corrected chi connectivity index (χ4v) is 5.27. The molecule has 0 saturated carbocycles. The monoisotopic (exact) mass is 419 g/mol. The van der Waals surface area contributed by atoms with Crippen LogP contribution in [0.2, 0.25) is 0 Å². The first-order valence-corrected chi connectivity index (χ1v) is 11.9. The number of hydrogen-bond acceptors (Lipinski definition) is 4. The molecule has 1 amide bonds. The second-order valence-corrected chi connectivity index (χ2v) is 9.09. The Morgan fingerprint density at radius 3 is 2.55 bits per heavy atom. The van der Waals surface area contributed by atoms with Crippen LogP contribution in [0.4, 0.5) is 0 Å². The first-order valence-electron chi connectivity index (χ1n) is 11.9. The molecule has 31 heavy (non-hydrogen) atoms. The molecule has 5 rings (SSSR count). The number of piperidine rings is 2. The van der Waals surface area contributed by atoms with Gasteiger partial charge in [0.05, 0.1) is 0 Å². The van der Waals surface area contributed by atoms with Gasteiger partial charge in [-0.1, -0.05) is 24.6 Å². The van der Waals surface area contributed by atoms with Gasteiger partial charge in [0.25, 0.3) is 5.91 Å². The maximum atomic E-state index is 12.7. The van der Waals surface area contributed by atoms with E-state index in [0.717, 1.165) is 47.5 Å². The number of carbonyl (C=O) groups excluding carboxylic acids is 1. The second-order valence-electron chi connectivity index (χ2n) is 9.09. The molecular formula is C26H33N3O2. The molecule has 3 aromatic rings. The zero-order valence-corrected chi connectivity index (χ0v) is 18.3. The number of benzene rings is 2. The predicted octanol–water partition coefficient (Wildman–Crippen LogP) is 4.66. The van der Waals surface area contributed by atoms with Gasteiger partial charge in [-0.2, -0.15) is 0 Å². The average molecular weight is 420 g/mol. The third kappa shape index (κ3) is 4.63. The minimum Gasteiger partial charge on any atom is -0.456 e. The van der Waals surface area contributed by atoms with Crippen molar-refractivity contribution in [3.63, 3.8) is 0 Å². The van der Waals surface area contributed by atoms with Crippen LogP contribution in [0.5, 0.6) is 0 Å². The van der Waals surface area contributed by atoms with E-state index in [-0.39, 0.29) is 5.91 Å². The third-order valence-electron chi connectivity index (χ3n) is 7.04. The summed E-state index contributed by atoms with van der Waals surface area (Å²) in [5.41, 5.74) is 2.38. The lowest BCUT2D eigenvalue weighted by Gasteiger charge is -2.40. The summed E-state index contributed by atoms with van der Waals surface area (Å²) in [4.78, 5) is 17.9. The molecule has 5 nitrogen and oxygen atoms in total. The molecule has 0 unspecified atom stereocenters. The highest BCUT2D eigenvalue weighted by Crippen LogP contribution is 2.29. The van der Waals surface area contributed by atoms with E-state index in [0.29, 0.717) is 5.56 Å². The Bertz CT molecular complexity index is 1030. The van der Waals surface area contributed by atoms with Gasteiger partial charge in [-0.15, -0.1) is 0 Å². The molecule has 0 bridgehead atoms. The van der Waals surface area contributed by atoms with E-state index in [4.69, 9.17) is 4.42 Å². The molecule has 5 heteroatoms. The van der Waals surface area contributed by atoms with Crippen molar-refractivity contribution >= 4 is 27.8 Å². The summed E-state index contributed by atoms with van der Waals surface area (Å²) in [6, 6.07) is 14.5. The zero-order chi connectivity index (χ0) is 21.0. The minimum atomic E-state index is -0.00371. The molecule has 1 N–H and O–H groups in total. The molecule has 2 aliphatic rings. The van der Waals surface area contributed by atoms with Crippen molar-refractivity contribution in [2.75, 3.05) is 39.3 Å². The molecule has 164 valence electrons. The lowest BCUT2D eigenvalue weighted by Crippen LogP contribution is -2.47. The Kier molecular flexibility index (Phi) is 6.23. The first-order chi connectivity index (χ1) is 15.3. The van der Waals surface area contributed by atoms with Crippen LogP contribution < -0.4 is 5.32 Å². The molecule has 0 atom stereocenters. The fraction of sp³-hybridized carbons (Fsp3) is 0.500. The van der Waals surface area contributed by atoms with Gasteiger partial charge in [-0.3, -0.25) is 4.79 Å². The molecule has 3 heterocycles. The highest BCUT2D eigenvalue weighted by molar-refractivity contribution is 6.08. The van der Waals surface area contributed by atoms with Crippen LogP contribution in [-0.2, 0) is 0 Å². The normalized spacial score (nSPS) is 19.2. The standard InChI is InChI=1S/C26H33N3O2/c30-26(20-9-10-25-23(19-20)22-7-2-3-8-24(22)31-25)27-13-6-14-28-17-11-21(12-18-28)29-15-4-1-5-16-29/h2-3,7-10,19,21H,1,4-6,11-18H2,(H,27,30). The number of nitrogens with zero attached hydrogens (tertiary/aromatic N) is 2. The van der Waals surface area contributed by atoms with Gasteiger partial charge in [-0.05, 0) is 89.1 Å². The lowest BCUT2D eigenvalue weighted by molar-refractivity contribution is 0.0903. The highest BCUT2D eigenvalue weighted by Gasteiger charge is 2.25. The van der Waals surface area contributed by atoms with Crippen LogP contribution in [-0.4, -0.2) is 61.0 Å². The Hall–Kier alpha value is -2.37. The summed E-state index contributed by atoms with van der Waals surface area (Å²) in [6.07, 6.45) is 7.76. The third-order valence-corrected chi connectivity index (χ3v) is 7.04. The summed E-state index contributed by atoms with van der Waals surface area (Å²) < 4.78 is 5.86. The highest BCUT2D eigenvalue weighted by atomic mass is 16.3. The number of likely N-dealkylation sites (tertiary alicyclic amines) is 2. The second kappa shape index (κ2) is 9.41. The van der Waals surface area contributed by atoms with Gasteiger partial charge >= 0.3 is 0 Å². The Balaban J connectivity index is 1.08. The smallest absolute Gasteiger partial charge is 0.251 e. The van der Waals surface area contributed by atoms with Crippen LogP contribution >= 0.6 is 0 Å². The summed E-state index contributed by atoms with van der Waals surface area (Å²) in [6.45, 7) is 6.78. The maximum absolute atomic E-state index is 12.7. The lowest BCUT2D eigenvalue weighted by atomic mass is 10.00. The van der Waals surface area contributed by atoms with E-state index in [9.17, 15) is 4.79 Å². The van der Waals surface area contributed by atoms with Gasteiger partial charge in [0.1, 0.15) is 11.2 Å². The first kappa shape index (κ1) is 20.5. The molecule has 0 aliphatic carbocycles. The van der Waals surface area contributed by atoms with Crippen LogP contribution in [0, 0.1) is 0 Å². The van der Waals surface area contributed by atoms with E-state index in [1.165, 1.54) is 58.3 Å². The van der Waals surface area contributed by atoms with Gasteiger partial charge in [0.2, 0.25) is 0 Å². The van der Waals surface area contributed by atoms with Crippen LogP contribution in [0.1, 0.15) is 48.9 Å². The van der Waals surface area contributed by atoms with Crippen molar-refractivity contribution in [2.24, 2.45) is 0 Å². The largest absolute Gasteiger partial charge is 0.456 e. The number of nitrogens with one attached hydrogen (secondary N) is 1. The number of amides is 1. The van der Waals surface area contributed by atoms with Crippen LogP contribution in [0.15, 0.2) is 46.9 Å². The molecular weight excluding hydrogens is 386 g/mol. The number of carbonyl (C=O) groups is 1. The number of fused-ring (bicyclic) bond motifs is 3.